The lowest BCUT2D eigenvalue weighted by Crippen LogP contribution is -2.22. The average Bonchev–Trinajstić information content (AvgIpc) is 2.51. The summed E-state index contributed by atoms with van der Waals surface area (Å²) < 4.78 is 0. The maximum absolute atomic E-state index is 11.1. The van der Waals surface area contributed by atoms with Gasteiger partial charge in [0.05, 0.1) is 6.54 Å². The second-order valence-corrected chi connectivity index (χ2v) is 5.93. The summed E-state index contributed by atoms with van der Waals surface area (Å²) in [5.41, 5.74) is 0. The summed E-state index contributed by atoms with van der Waals surface area (Å²) in [6, 6.07) is 0. The molecule has 5 heteroatoms. The van der Waals surface area contributed by atoms with E-state index in [4.69, 9.17) is 0 Å². The Bertz CT molecular complexity index is 305. The van der Waals surface area contributed by atoms with Crippen molar-refractivity contribution in [3.05, 3.63) is 0 Å². The first-order valence-electron chi connectivity index (χ1n) is 8.87. The number of nitrogens with one attached hydrogen (secondary N) is 2. The average molecular weight is 328 g/mol. The molecular weight excluding hydrogens is 292 g/mol. The van der Waals surface area contributed by atoms with Gasteiger partial charge < -0.3 is 15.4 Å². The molecule has 0 unspecified atom stereocenters. The summed E-state index contributed by atoms with van der Waals surface area (Å²) in [5, 5.41) is 5.59. The van der Waals surface area contributed by atoms with Gasteiger partial charge in [-0.15, -0.1) is 0 Å². The Labute approximate surface area is 142 Å². The van der Waals surface area contributed by atoms with E-state index in [2.05, 4.69) is 10.6 Å². The summed E-state index contributed by atoms with van der Waals surface area (Å²) in [4.78, 5) is 31.8. The number of ketones is 1. The molecule has 136 valence electrons. The van der Waals surface area contributed by atoms with E-state index in [0.29, 0.717) is 19.4 Å². The zero-order valence-corrected chi connectivity index (χ0v) is 15.5. The van der Waals surface area contributed by atoms with Gasteiger partial charge in [0.2, 0.25) is 5.91 Å². The highest BCUT2D eigenvalue weighted by Gasteiger charge is 2.03. The number of Topliss-reactive ketones (excluding diaryl/α,β-unsaturated/α-hetero) is 1. The monoisotopic (exact) mass is 328 g/mol. The van der Waals surface area contributed by atoms with Crippen LogP contribution in [0.1, 0.15) is 72.1 Å². The molecule has 0 spiro atoms. The van der Waals surface area contributed by atoms with Gasteiger partial charge in [0.25, 0.3) is 0 Å². The first-order chi connectivity index (χ1) is 11.0. The number of amides is 1. The molecule has 0 atom stereocenters. The van der Waals surface area contributed by atoms with E-state index in [0.717, 1.165) is 38.5 Å². The maximum Gasteiger partial charge on any atom is 0.219 e. The summed E-state index contributed by atoms with van der Waals surface area (Å²) in [7, 11) is 1.78. The SMILES string of the molecule is CCNC(=O)CCCCCCCCC=O.CNCC(=O)C(C)C. The van der Waals surface area contributed by atoms with Gasteiger partial charge in [0, 0.05) is 25.3 Å². The quantitative estimate of drug-likeness (QED) is 0.403. The lowest BCUT2D eigenvalue weighted by molar-refractivity contribution is -0.121. The number of carbonyl (C=O) groups is 3. The zero-order valence-electron chi connectivity index (χ0n) is 15.5. The standard InChI is InChI=1S/C12H23NO2.C6H13NO/c1-2-13-12(15)10-8-6-4-3-5-7-9-11-14;1-5(2)6(8)4-7-3/h11H,2-10H2,1H3,(H,13,15);5,7H,4H2,1-3H3. The Hall–Kier alpha value is -1.23. The Morgan fingerprint density at radius 3 is 2.00 bits per heavy atom. The molecule has 0 saturated heterocycles. The maximum atomic E-state index is 11.1. The molecule has 0 aliphatic carbocycles. The van der Waals surface area contributed by atoms with Gasteiger partial charge in [-0.1, -0.05) is 39.5 Å². The molecule has 0 rings (SSSR count). The molecule has 0 aromatic rings. The van der Waals surface area contributed by atoms with E-state index < -0.39 is 0 Å². The molecular formula is C18H36N2O3. The van der Waals surface area contributed by atoms with Crippen LogP contribution in [0.5, 0.6) is 0 Å². The number of hydrogen-bond acceptors (Lipinski definition) is 4. The highest BCUT2D eigenvalue weighted by Crippen LogP contribution is 2.07. The molecule has 1 amide bonds. The molecule has 0 bridgehead atoms. The second-order valence-electron chi connectivity index (χ2n) is 5.93. The molecule has 2 N–H and O–H groups in total. The number of carbonyl (C=O) groups excluding carboxylic acids is 3. The van der Waals surface area contributed by atoms with Crippen molar-refractivity contribution in [1.82, 2.24) is 10.6 Å². The molecule has 0 aliphatic heterocycles. The van der Waals surface area contributed by atoms with Crippen LogP contribution in [0.15, 0.2) is 0 Å². The summed E-state index contributed by atoms with van der Waals surface area (Å²) in [6.07, 6.45) is 8.95. The van der Waals surface area contributed by atoms with Crippen molar-refractivity contribution < 1.29 is 14.4 Å². The van der Waals surface area contributed by atoms with Crippen LogP contribution in [0.2, 0.25) is 0 Å². The molecule has 0 saturated carbocycles. The Morgan fingerprint density at radius 2 is 1.57 bits per heavy atom. The van der Waals surface area contributed by atoms with Crippen molar-refractivity contribution in [3.8, 4) is 0 Å². The number of hydrogen-bond donors (Lipinski definition) is 2. The van der Waals surface area contributed by atoms with E-state index in [1.54, 1.807) is 7.05 Å². The molecule has 0 radical (unpaired) electrons. The number of aldehydes is 1. The number of likely N-dealkylation sites (N-methyl/N-ethyl adjacent to an activating group) is 1. The van der Waals surface area contributed by atoms with Crippen molar-refractivity contribution in [2.24, 2.45) is 5.92 Å². The Balaban J connectivity index is 0. The third kappa shape index (κ3) is 20.8. The molecule has 0 aliphatic rings. The molecule has 0 heterocycles. The minimum Gasteiger partial charge on any atom is -0.356 e. The molecule has 5 nitrogen and oxygen atoms in total. The topological polar surface area (TPSA) is 75.3 Å². The minimum atomic E-state index is 0.165. The number of rotatable bonds is 13. The largest absolute Gasteiger partial charge is 0.356 e. The fraction of sp³-hybridized carbons (Fsp3) is 0.833. The molecule has 0 aromatic heterocycles. The zero-order chi connectivity index (χ0) is 17.9. The summed E-state index contributed by atoms with van der Waals surface area (Å²) >= 11 is 0. The van der Waals surface area contributed by atoms with Crippen molar-refractivity contribution in [3.63, 3.8) is 0 Å². The van der Waals surface area contributed by atoms with Gasteiger partial charge in [0.15, 0.2) is 0 Å². The first-order valence-corrected chi connectivity index (χ1v) is 8.87. The van der Waals surface area contributed by atoms with Crippen LogP contribution in [0.3, 0.4) is 0 Å². The Morgan fingerprint density at radius 1 is 1.00 bits per heavy atom. The van der Waals surface area contributed by atoms with E-state index in [1.807, 2.05) is 20.8 Å². The van der Waals surface area contributed by atoms with E-state index >= 15 is 0 Å². The van der Waals surface area contributed by atoms with Crippen LogP contribution in [0.4, 0.5) is 0 Å². The van der Waals surface area contributed by atoms with Crippen LogP contribution < -0.4 is 10.6 Å². The van der Waals surface area contributed by atoms with Gasteiger partial charge in [-0.05, 0) is 26.8 Å². The molecule has 0 fully saturated rings. The lowest BCUT2D eigenvalue weighted by atomic mass is 10.1. The smallest absolute Gasteiger partial charge is 0.219 e. The van der Waals surface area contributed by atoms with Crippen molar-refractivity contribution in [2.45, 2.75) is 72.1 Å². The molecule has 0 aromatic carbocycles. The second kappa shape index (κ2) is 18.8. The fourth-order valence-electron chi connectivity index (χ4n) is 1.88. The fourth-order valence-corrected chi connectivity index (χ4v) is 1.88. The third-order valence-corrected chi connectivity index (χ3v) is 3.34. The van der Waals surface area contributed by atoms with Gasteiger partial charge >= 0.3 is 0 Å². The van der Waals surface area contributed by atoms with E-state index in [1.165, 1.54) is 12.8 Å². The van der Waals surface area contributed by atoms with Crippen LogP contribution in [0.25, 0.3) is 0 Å². The summed E-state index contributed by atoms with van der Waals surface area (Å²) in [5.74, 6) is 0.605. The van der Waals surface area contributed by atoms with Gasteiger partial charge in [-0.2, -0.15) is 0 Å². The van der Waals surface area contributed by atoms with Gasteiger partial charge in [0.1, 0.15) is 12.1 Å². The van der Waals surface area contributed by atoms with Crippen molar-refractivity contribution in [1.29, 1.82) is 0 Å². The van der Waals surface area contributed by atoms with E-state index in [-0.39, 0.29) is 17.6 Å². The predicted molar refractivity (Wildman–Crippen MR) is 95.5 cm³/mol. The Kier molecular flexibility index (Phi) is 19.7. The number of unbranched alkanes of at least 4 members (excludes halogenated alkanes) is 6. The molecule has 23 heavy (non-hydrogen) atoms. The normalized spacial score (nSPS) is 9.96. The van der Waals surface area contributed by atoms with Crippen LogP contribution >= 0.6 is 0 Å². The summed E-state index contributed by atoms with van der Waals surface area (Å²) in [6.45, 7) is 6.96. The van der Waals surface area contributed by atoms with Crippen molar-refractivity contribution in [2.75, 3.05) is 20.1 Å². The lowest BCUT2D eigenvalue weighted by Gasteiger charge is -2.02. The highest BCUT2D eigenvalue weighted by molar-refractivity contribution is 5.82. The first kappa shape index (κ1) is 24.0. The van der Waals surface area contributed by atoms with E-state index in [9.17, 15) is 14.4 Å². The van der Waals surface area contributed by atoms with Crippen LogP contribution in [-0.4, -0.2) is 38.1 Å². The van der Waals surface area contributed by atoms with Crippen LogP contribution in [0, 0.1) is 5.92 Å². The highest BCUT2D eigenvalue weighted by atomic mass is 16.1. The van der Waals surface area contributed by atoms with Gasteiger partial charge in [-0.25, -0.2) is 0 Å². The predicted octanol–water partition coefficient (Wildman–Crippen LogP) is 2.87. The van der Waals surface area contributed by atoms with Gasteiger partial charge in [-0.3, -0.25) is 9.59 Å². The third-order valence-electron chi connectivity index (χ3n) is 3.34. The van der Waals surface area contributed by atoms with Crippen LogP contribution in [-0.2, 0) is 14.4 Å². The minimum absolute atomic E-state index is 0.165. The van der Waals surface area contributed by atoms with Crippen molar-refractivity contribution >= 4 is 18.0 Å².